The summed E-state index contributed by atoms with van der Waals surface area (Å²) >= 11 is 0. The van der Waals surface area contributed by atoms with Crippen LogP contribution in [0.5, 0.6) is 0 Å². The minimum absolute atomic E-state index is 0.152. The molecular weight excluding hydrogens is 126 g/mol. The van der Waals surface area contributed by atoms with Crippen molar-refractivity contribution in [2.45, 2.75) is 19.8 Å². The Morgan fingerprint density at radius 3 is 3.10 bits per heavy atom. The fourth-order valence-electron chi connectivity index (χ4n) is 1.01. The maximum absolute atomic E-state index is 8.67. The molecule has 0 bridgehead atoms. The number of allylic oxidation sites excluding steroid dienone is 1. The first-order valence-corrected chi connectivity index (χ1v) is 3.64. The Balaban J connectivity index is 2.50. The zero-order valence-corrected chi connectivity index (χ0v) is 6.30. The Kier molecular flexibility index (Phi) is 2.63. The van der Waals surface area contributed by atoms with Gasteiger partial charge in [-0.25, -0.2) is 0 Å². The Hall–Kier alpha value is -0.630. The maximum Gasteiger partial charge on any atom is 0.0642 e. The Morgan fingerprint density at radius 2 is 2.60 bits per heavy atom. The Bertz CT molecular complexity index is 170. The van der Waals surface area contributed by atoms with Gasteiger partial charge < -0.3 is 5.11 Å². The van der Waals surface area contributed by atoms with Crippen LogP contribution in [0.2, 0.25) is 0 Å². The van der Waals surface area contributed by atoms with E-state index in [9.17, 15) is 0 Å². The van der Waals surface area contributed by atoms with Crippen molar-refractivity contribution in [1.82, 2.24) is 0 Å². The van der Waals surface area contributed by atoms with E-state index in [4.69, 9.17) is 5.11 Å². The monoisotopic (exact) mass is 139 g/mol. The lowest BCUT2D eigenvalue weighted by atomic mass is 10.2. The van der Waals surface area contributed by atoms with Crippen LogP contribution in [-0.2, 0) is 0 Å². The zero-order valence-electron chi connectivity index (χ0n) is 6.30. The van der Waals surface area contributed by atoms with Crippen LogP contribution in [0, 0.1) is 0 Å². The van der Waals surface area contributed by atoms with E-state index in [1.807, 2.05) is 13.0 Å². The summed E-state index contributed by atoms with van der Waals surface area (Å²) in [5, 5.41) is 8.67. The molecule has 0 saturated heterocycles. The highest BCUT2D eigenvalue weighted by atomic mass is 16.3. The van der Waals surface area contributed by atoms with Gasteiger partial charge in [-0.3, -0.25) is 4.99 Å². The number of hydrogen-bond donors (Lipinski definition) is 1. The molecule has 1 aliphatic rings. The molecule has 0 aliphatic carbocycles. The van der Waals surface area contributed by atoms with Gasteiger partial charge in [-0.05, 0) is 31.4 Å². The molecule has 0 unspecified atom stereocenters. The van der Waals surface area contributed by atoms with Crippen LogP contribution in [-0.4, -0.2) is 24.0 Å². The summed E-state index contributed by atoms with van der Waals surface area (Å²) in [4.78, 5) is 4.25. The van der Waals surface area contributed by atoms with Crippen molar-refractivity contribution in [1.29, 1.82) is 0 Å². The largest absolute Gasteiger partial charge is 0.392 e. The molecule has 1 N–H and O–H groups in total. The normalized spacial score (nSPS) is 19.4. The molecule has 10 heavy (non-hydrogen) atoms. The number of nitrogens with zero attached hydrogens (tertiary/aromatic N) is 1. The highest BCUT2D eigenvalue weighted by Gasteiger charge is 2.02. The van der Waals surface area contributed by atoms with Gasteiger partial charge in [-0.1, -0.05) is 0 Å². The zero-order chi connectivity index (χ0) is 7.40. The van der Waals surface area contributed by atoms with Crippen molar-refractivity contribution in [3.05, 3.63) is 11.6 Å². The second kappa shape index (κ2) is 3.52. The van der Waals surface area contributed by atoms with Crippen molar-refractivity contribution < 1.29 is 5.11 Å². The molecule has 2 heteroatoms. The fraction of sp³-hybridized carbons (Fsp3) is 0.625. The molecule has 0 fully saturated rings. The van der Waals surface area contributed by atoms with Gasteiger partial charge in [0.1, 0.15) is 0 Å². The fourth-order valence-corrected chi connectivity index (χ4v) is 1.01. The first-order chi connectivity index (χ1) is 4.83. The van der Waals surface area contributed by atoms with Crippen LogP contribution in [0.15, 0.2) is 16.6 Å². The van der Waals surface area contributed by atoms with Crippen molar-refractivity contribution in [2.24, 2.45) is 4.99 Å². The van der Waals surface area contributed by atoms with E-state index in [1.165, 1.54) is 6.42 Å². The highest BCUT2D eigenvalue weighted by molar-refractivity contribution is 5.96. The van der Waals surface area contributed by atoms with Gasteiger partial charge in [-0.15, -0.1) is 0 Å². The van der Waals surface area contributed by atoms with Crippen LogP contribution < -0.4 is 0 Å². The average Bonchev–Trinajstić information content (AvgIpc) is 2.40. The van der Waals surface area contributed by atoms with E-state index in [-0.39, 0.29) is 6.61 Å². The SMILES string of the molecule is C/C(=C\C1=NCCC1)CO. The molecule has 56 valence electrons. The molecule has 1 aliphatic heterocycles. The second-order valence-corrected chi connectivity index (χ2v) is 2.63. The average molecular weight is 139 g/mol. The molecule has 1 rings (SSSR count). The third-order valence-electron chi connectivity index (χ3n) is 1.57. The third-order valence-corrected chi connectivity index (χ3v) is 1.57. The summed E-state index contributed by atoms with van der Waals surface area (Å²) in [6, 6.07) is 0. The predicted molar refractivity (Wildman–Crippen MR) is 42.4 cm³/mol. The van der Waals surface area contributed by atoms with Gasteiger partial charge in [0, 0.05) is 12.3 Å². The second-order valence-electron chi connectivity index (χ2n) is 2.63. The van der Waals surface area contributed by atoms with Gasteiger partial charge in [-0.2, -0.15) is 0 Å². The summed E-state index contributed by atoms with van der Waals surface area (Å²) in [6.07, 6.45) is 4.23. The summed E-state index contributed by atoms with van der Waals surface area (Å²) in [5.41, 5.74) is 2.15. The van der Waals surface area contributed by atoms with Crippen LogP contribution in [0.1, 0.15) is 19.8 Å². The van der Waals surface area contributed by atoms with E-state index in [0.29, 0.717) is 0 Å². The molecule has 1 heterocycles. The molecule has 0 aromatic heterocycles. The Morgan fingerprint density at radius 1 is 1.80 bits per heavy atom. The van der Waals surface area contributed by atoms with Gasteiger partial charge in [0.2, 0.25) is 0 Å². The summed E-state index contributed by atoms with van der Waals surface area (Å²) in [6.45, 7) is 3.03. The van der Waals surface area contributed by atoms with E-state index in [1.54, 1.807) is 0 Å². The van der Waals surface area contributed by atoms with Gasteiger partial charge in [0.15, 0.2) is 0 Å². The lowest BCUT2D eigenvalue weighted by Crippen LogP contribution is -1.91. The van der Waals surface area contributed by atoms with E-state index in [0.717, 1.165) is 24.3 Å². The first kappa shape index (κ1) is 7.48. The number of aliphatic imine (C=N–C) groups is 1. The van der Waals surface area contributed by atoms with Crippen LogP contribution >= 0.6 is 0 Å². The first-order valence-electron chi connectivity index (χ1n) is 3.64. The van der Waals surface area contributed by atoms with Crippen molar-refractivity contribution in [3.63, 3.8) is 0 Å². The van der Waals surface area contributed by atoms with Crippen molar-refractivity contribution in [2.75, 3.05) is 13.2 Å². The van der Waals surface area contributed by atoms with Crippen molar-refractivity contribution >= 4 is 5.71 Å². The lowest BCUT2D eigenvalue weighted by Gasteiger charge is -1.93. The molecule has 2 nitrogen and oxygen atoms in total. The minimum Gasteiger partial charge on any atom is -0.392 e. The molecule has 0 aromatic carbocycles. The summed E-state index contributed by atoms with van der Waals surface area (Å²) in [7, 11) is 0. The van der Waals surface area contributed by atoms with Crippen LogP contribution in [0.4, 0.5) is 0 Å². The van der Waals surface area contributed by atoms with Gasteiger partial charge in [0.05, 0.1) is 6.61 Å². The molecule has 0 aromatic rings. The topological polar surface area (TPSA) is 32.6 Å². The van der Waals surface area contributed by atoms with E-state index < -0.39 is 0 Å². The standard InChI is InChI=1S/C8H13NO/c1-7(6-10)5-8-3-2-4-9-8/h5,10H,2-4,6H2,1H3/b7-5+. The van der Waals surface area contributed by atoms with Crippen LogP contribution in [0.3, 0.4) is 0 Å². The Labute approximate surface area is 61.3 Å². The molecule has 0 saturated carbocycles. The number of hydrogen-bond acceptors (Lipinski definition) is 2. The highest BCUT2D eigenvalue weighted by Crippen LogP contribution is 2.06. The summed E-state index contributed by atoms with van der Waals surface area (Å²) < 4.78 is 0. The maximum atomic E-state index is 8.67. The van der Waals surface area contributed by atoms with E-state index in [2.05, 4.69) is 4.99 Å². The minimum atomic E-state index is 0.152. The van der Waals surface area contributed by atoms with Crippen LogP contribution in [0.25, 0.3) is 0 Å². The van der Waals surface area contributed by atoms with Gasteiger partial charge in [0.25, 0.3) is 0 Å². The molecule has 0 atom stereocenters. The number of aliphatic hydroxyl groups excluding tert-OH is 1. The quantitative estimate of drug-likeness (QED) is 0.611. The van der Waals surface area contributed by atoms with Gasteiger partial charge >= 0.3 is 0 Å². The number of rotatable bonds is 2. The summed E-state index contributed by atoms with van der Waals surface area (Å²) in [5.74, 6) is 0. The molecule has 0 amide bonds. The predicted octanol–water partition coefficient (Wildman–Crippen LogP) is 1.16. The van der Waals surface area contributed by atoms with E-state index >= 15 is 0 Å². The molecule has 0 spiro atoms. The third kappa shape index (κ3) is 1.95. The molecule has 0 radical (unpaired) electrons. The lowest BCUT2D eigenvalue weighted by molar-refractivity contribution is 0.331. The van der Waals surface area contributed by atoms with Crippen molar-refractivity contribution in [3.8, 4) is 0 Å². The number of aliphatic hydroxyl groups is 1. The smallest absolute Gasteiger partial charge is 0.0642 e. The molecular formula is C8H13NO.